The van der Waals surface area contributed by atoms with Crippen LogP contribution < -0.4 is 10.6 Å². The van der Waals surface area contributed by atoms with E-state index in [0.717, 1.165) is 5.56 Å². The first kappa shape index (κ1) is 12.6. The monoisotopic (exact) mass is 245 g/mol. The molecule has 94 valence electrons. The Morgan fingerprint density at radius 1 is 1.50 bits per heavy atom. The number of nitriles is 1. The van der Waals surface area contributed by atoms with E-state index in [0.29, 0.717) is 25.1 Å². The molecule has 1 amide bonds. The molecule has 1 fully saturated rings. The van der Waals surface area contributed by atoms with Crippen molar-refractivity contribution in [3.05, 3.63) is 29.8 Å². The van der Waals surface area contributed by atoms with Crippen molar-refractivity contribution < 1.29 is 9.90 Å². The van der Waals surface area contributed by atoms with Crippen molar-refractivity contribution in [1.82, 2.24) is 5.32 Å². The van der Waals surface area contributed by atoms with Crippen molar-refractivity contribution in [2.45, 2.75) is 25.0 Å². The molecule has 3 N–H and O–H groups in total. The number of benzene rings is 1. The maximum absolute atomic E-state index is 11.8. The summed E-state index contributed by atoms with van der Waals surface area (Å²) in [7, 11) is 0. The zero-order chi connectivity index (χ0) is 13.0. The van der Waals surface area contributed by atoms with Crippen molar-refractivity contribution in [2.75, 3.05) is 11.9 Å². The van der Waals surface area contributed by atoms with Crippen LogP contribution in [0.1, 0.15) is 12.0 Å². The van der Waals surface area contributed by atoms with Gasteiger partial charge in [0.05, 0.1) is 24.6 Å². The summed E-state index contributed by atoms with van der Waals surface area (Å²) in [5.41, 5.74) is 1.62. The first-order valence-electron chi connectivity index (χ1n) is 5.87. The first-order valence-corrected chi connectivity index (χ1v) is 5.87. The SMILES string of the molecule is N#CCc1ccc(NC(=O)C2CC(O)CN2)cc1. The van der Waals surface area contributed by atoms with Crippen molar-refractivity contribution in [3.63, 3.8) is 0 Å². The molecule has 1 aromatic rings. The minimum atomic E-state index is -0.446. The minimum Gasteiger partial charge on any atom is -0.392 e. The molecule has 0 aliphatic carbocycles. The Bertz CT molecular complexity index is 464. The molecule has 0 bridgehead atoms. The van der Waals surface area contributed by atoms with Crippen LogP contribution in [0.5, 0.6) is 0 Å². The fraction of sp³-hybridized carbons (Fsp3) is 0.385. The van der Waals surface area contributed by atoms with Gasteiger partial charge in [0.15, 0.2) is 0 Å². The Morgan fingerprint density at radius 2 is 2.22 bits per heavy atom. The highest BCUT2D eigenvalue weighted by atomic mass is 16.3. The van der Waals surface area contributed by atoms with Crippen LogP contribution in [0.3, 0.4) is 0 Å². The summed E-state index contributed by atoms with van der Waals surface area (Å²) >= 11 is 0. The third-order valence-electron chi connectivity index (χ3n) is 2.93. The summed E-state index contributed by atoms with van der Waals surface area (Å²) in [6.07, 6.45) is 0.363. The van der Waals surface area contributed by atoms with E-state index in [9.17, 15) is 9.90 Å². The largest absolute Gasteiger partial charge is 0.392 e. The van der Waals surface area contributed by atoms with Gasteiger partial charge >= 0.3 is 0 Å². The number of hydrogen-bond acceptors (Lipinski definition) is 4. The van der Waals surface area contributed by atoms with E-state index in [1.54, 1.807) is 12.1 Å². The molecule has 2 rings (SSSR count). The molecule has 0 aromatic heterocycles. The Kier molecular flexibility index (Phi) is 3.92. The van der Waals surface area contributed by atoms with Crippen LogP contribution in [-0.2, 0) is 11.2 Å². The van der Waals surface area contributed by atoms with Crippen molar-refractivity contribution >= 4 is 11.6 Å². The summed E-state index contributed by atoms with van der Waals surface area (Å²) in [4.78, 5) is 11.8. The van der Waals surface area contributed by atoms with Crippen LogP contribution in [0, 0.1) is 11.3 Å². The molecule has 1 aromatic carbocycles. The lowest BCUT2D eigenvalue weighted by Crippen LogP contribution is -2.35. The Balaban J connectivity index is 1.93. The lowest BCUT2D eigenvalue weighted by molar-refractivity contribution is -0.117. The zero-order valence-corrected chi connectivity index (χ0v) is 9.89. The molecule has 1 saturated heterocycles. The van der Waals surface area contributed by atoms with Crippen LogP contribution in [0.2, 0.25) is 0 Å². The molecule has 0 spiro atoms. The van der Waals surface area contributed by atoms with Crippen molar-refractivity contribution in [2.24, 2.45) is 0 Å². The predicted octanol–water partition coefficient (Wildman–Crippen LogP) is 0.414. The van der Waals surface area contributed by atoms with Gasteiger partial charge in [-0.15, -0.1) is 0 Å². The number of aliphatic hydroxyl groups is 1. The summed E-state index contributed by atoms with van der Waals surface area (Å²) in [6.45, 7) is 0.458. The van der Waals surface area contributed by atoms with Gasteiger partial charge in [-0.05, 0) is 24.1 Å². The van der Waals surface area contributed by atoms with Gasteiger partial charge in [0.2, 0.25) is 5.91 Å². The van der Waals surface area contributed by atoms with Crippen LogP contribution in [0.15, 0.2) is 24.3 Å². The Labute approximate surface area is 105 Å². The Morgan fingerprint density at radius 3 is 2.78 bits per heavy atom. The van der Waals surface area contributed by atoms with E-state index < -0.39 is 6.10 Å². The number of carbonyl (C=O) groups excluding carboxylic acids is 1. The van der Waals surface area contributed by atoms with Gasteiger partial charge < -0.3 is 15.7 Å². The number of β-amino-alcohol motifs (C(OH)–C–C–N with tert-alkyl or cyclic N) is 1. The summed E-state index contributed by atoms with van der Waals surface area (Å²) < 4.78 is 0. The highest BCUT2D eigenvalue weighted by Crippen LogP contribution is 2.13. The lowest BCUT2D eigenvalue weighted by Gasteiger charge is -2.11. The van der Waals surface area contributed by atoms with E-state index in [1.807, 2.05) is 12.1 Å². The standard InChI is InChI=1S/C13H15N3O2/c14-6-5-9-1-3-10(4-2-9)16-13(18)12-7-11(17)8-15-12/h1-4,11-12,15,17H,5,7-8H2,(H,16,18). The molecular weight excluding hydrogens is 230 g/mol. The van der Waals surface area contributed by atoms with Crippen LogP contribution in [0.25, 0.3) is 0 Å². The quantitative estimate of drug-likeness (QED) is 0.720. The van der Waals surface area contributed by atoms with Crippen molar-refractivity contribution in [1.29, 1.82) is 5.26 Å². The average Bonchev–Trinajstić information content (AvgIpc) is 2.79. The number of aliphatic hydroxyl groups excluding tert-OH is 1. The van der Waals surface area contributed by atoms with Gasteiger partial charge in [-0.3, -0.25) is 4.79 Å². The molecule has 2 atom stereocenters. The first-order chi connectivity index (χ1) is 8.69. The van der Waals surface area contributed by atoms with E-state index >= 15 is 0 Å². The van der Waals surface area contributed by atoms with E-state index in [-0.39, 0.29) is 11.9 Å². The number of rotatable bonds is 3. The Hall–Kier alpha value is -1.90. The topological polar surface area (TPSA) is 85.2 Å². The molecule has 1 aliphatic heterocycles. The molecule has 2 unspecified atom stereocenters. The molecule has 0 radical (unpaired) electrons. The second-order valence-electron chi connectivity index (χ2n) is 4.37. The number of hydrogen-bond donors (Lipinski definition) is 3. The summed E-state index contributed by atoms with van der Waals surface area (Å²) in [5, 5.41) is 23.6. The highest BCUT2D eigenvalue weighted by molar-refractivity contribution is 5.95. The maximum Gasteiger partial charge on any atom is 0.241 e. The number of amides is 1. The number of nitrogens with one attached hydrogen (secondary N) is 2. The van der Waals surface area contributed by atoms with E-state index in [2.05, 4.69) is 16.7 Å². The lowest BCUT2D eigenvalue weighted by atomic mass is 10.1. The third kappa shape index (κ3) is 3.06. The molecule has 18 heavy (non-hydrogen) atoms. The van der Waals surface area contributed by atoms with Crippen LogP contribution in [0.4, 0.5) is 5.69 Å². The smallest absolute Gasteiger partial charge is 0.241 e. The van der Waals surface area contributed by atoms with Crippen LogP contribution in [-0.4, -0.2) is 29.7 Å². The summed E-state index contributed by atoms with van der Waals surface area (Å²) in [6, 6.07) is 8.91. The number of anilines is 1. The molecular formula is C13H15N3O2. The maximum atomic E-state index is 11.8. The molecule has 1 heterocycles. The number of carbonyl (C=O) groups is 1. The van der Waals surface area contributed by atoms with Crippen LogP contribution >= 0.6 is 0 Å². The minimum absolute atomic E-state index is 0.139. The van der Waals surface area contributed by atoms with Gasteiger partial charge in [0.1, 0.15) is 0 Å². The van der Waals surface area contributed by atoms with Gasteiger partial charge in [0.25, 0.3) is 0 Å². The van der Waals surface area contributed by atoms with Gasteiger partial charge in [-0.25, -0.2) is 0 Å². The predicted molar refractivity (Wildman–Crippen MR) is 66.8 cm³/mol. The van der Waals surface area contributed by atoms with Gasteiger partial charge in [0, 0.05) is 12.2 Å². The fourth-order valence-corrected chi connectivity index (χ4v) is 1.94. The molecule has 1 aliphatic rings. The number of nitrogens with zero attached hydrogens (tertiary/aromatic N) is 1. The molecule has 0 saturated carbocycles. The normalized spacial score (nSPS) is 22.4. The fourth-order valence-electron chi connectivity index (χ4n) is 1.94. The second kappa shape index (κ2) is 5.63. The van der Waals surface area contributed by atoms with Gasteiger partial charge in [-0.2, -0.15) is 5.26 Å². The molecule has 5 heteroatoms. The summed E-state index contributed by atoms with van der Waals surface area (Å²) in [5.74, 6) is -0.139. The van der Waals surface area contributed by atoms with E-state index in [1.165, 1.54) is 0 Å². The third-order valence-corrected chi connectivity index (χ3v) is 2.93. The van der Waals surface area contributed by atoms with Gasteiger partial charge in [-0.1, -0.05) is 12.1 Å². The van der Waals surface area contributed by atoms with E-state index in [4.69, 9.17) is 5.26 Å². The average molecular weight is 245 g/mol. The van der Waals surface area contributed by atoms with Crippen molar-refractivity contribution in [3.8, 4) is 6.07 Å². The zero-order valence-electron chi connectivity index (χ0n) is 9.89. The molecule has 5 nitrogen and oxygen atoms in total. The second-order valence-corrected chi connectivity index (χ2v) is 4.37. The highest BCUT2D eigenvalue weighted by Gasteiger charge is 2.27.